The van der Waals surface area contributed by atoms with Gasteiger partial charge in [0.25, 0.3) is 0 Å². The number of aromatic nitrogens is 2. The Morgan fingerprint density at radius 2 is 2.08 bits per heavy atom. The summed E-state index contributed by atoms with van der Waals surface area (Å²) in [5, 5.41) is 7.34. The number of ether oxygens (including phenoxy) is 2. The number of hydrogen-bond acceptors (Lipinski definition) is 4. The highest BCUT2D eigenvalue weighted by atomic mass is 127. The summed E-state index contributed by atoms with van der Waals surface area (Å²) in [4.78, 5) is 4.39. The largest absolute Gasteiger partial charge is 0.493 e. The highest BCUT2D eigenvalue weighted by Gasteiger charge is 2.05. The van der Waals surface area contributed by atoms with E-state index >= 15 is 0 Å². The van der Waals surface area contributed by atoms with Crippen LogP contribution in [0.5, 0.6) is 11.5 Å². The van der Waals surface area contributed by atoms with E-state index in [1.807, 2.05) is 35.1 Å². The molecular weight excluding hydrogens is 445 g/mol. The van der Waals surface area contributed by atoms with Gasteiger partial charge in [-0.3, -0.25) is 9.67 Å². The van der Waals surface area contributed by atoms with Crippen molar-refractivity contribution < 1.29 is 9.47 Å². The van der Waals surface area contributed by atoms with E-state index in [0.717, 1.165) is 30.0 Å². The topological polar surface area (TPSA) is 86.7 Å². The second-order valence-electron chi connectivity index (χ2n) is 5.93. The number of halogens is 1. The number of nitrogens with one attached hydrogen (secondary N) is 1. The van der Waals surface area contributed by atoms with Crippen LogP contribution in [0.15, 0.2) is 41.7 Å². The average Bonchev–Trinajstić information content (AvgIpc) is 3.12. The van der Waals surface area contributed by atoms with E-state index in [9.17, 15) is 0 Å². The summed E-state index contributed by atoms with van der Waals surface area (Å²) in [6.07, 6.45) is 4.55. The van der Waals surface area contributed by atoms with Gasteiger partial charge < -0.3 is 20.5 Å². The number of methoxy groups -OCH3 is 2. The number of rotatable bonds is 9. The Bertz CT molecular complexity index is 676. The molecule has 1 aromatic carbocycles. The number of guanidine groups is 1. The lowest BCUT2D eigenvalue weighted by atomic mass is 10.1. The summed E-state index contributed by atoms with van der Waals surface area (Å²) in [5.41, 5.74) is 7.08. The summed E-state index contributed by atoms with van der Waals surface area (Å²) >= 11 is 0. The maximum Gasteiger partial charge on any atom is 0.188 e. The first kappa shape index (κ1) is 22.1. The van der Waals surface area contributed by atoms with E-state index in [0.29, 0.717) is 25.0 Å². The standard InChI is InChI=1S/C18H27N5O2.HI/c1-14(13-23-10-4-8-22-23)12-21-18(19)20-9-7-15-5-6-16(24-2)17(11-15)25-3;/h4-6,8,10-11,14H,7,9,12-13H2,1-3H3,(H3,19,20,21);1H. The molecule has 26 heavy (non-hydrogen) atoms. The third-order valence-corrected chi connectivity index (χ3v) is 3.80. The van der Waals surface area contributed by atoms with Crippen LogP contribution < -0.4 is 20.5 Å². The van der Waals surface area contributed by atoms with Gasteiger partial charge in [-0.25, -0.2) is 0 Å². The molecule has 2 rings (SSSR count). The SMILES string of the molecule is COc1ccc(CCNC(N)=NCC(C)Cn2cccn2)cc1OC.I. The minimum absolute atomic E-state index is 0. The molecule has 0 amide bonds. The molecule has 0 aliphatic carbocycles. The van der Waals surface area contributed by atoms with E-state index in [4.69, 9.17) is 15.2 Å². The highest BCUT2D eigenvalue weighted by Crippen LogP contribution is 2.27. The van der Waals surface area contributed by atoms with Gasteiger partial charge in [0.05, 0.1) is 14.2 Å². The minimum atomic E-state index is 0. The molecule has 1 atom stereocenters. The number of benzene rings is 1. The Morgan fingerprint density at radius 1 is 1.31 bits per heavy atom. The summed E-state index contributed by atoms with van der Waals surface area (Å²) in [6.45, 7) is 4.32. The van der Waals surface area contributed by atoms with Crippen molar-refractivity contribution in [3.63, 3.8) is 0 Å². The Balaban J connectivity index is 0.00000338. The normalized spacial score (nSPS) is 12.2. The zero-order chi connectivity index (χ0) is 18.1. The van der Waals surface area contributed by atoms with Crippen molar-refractivity contribution in [2.75, 3.05) is 27.3 Å². The average molecular weight is 473 g/mol. The molecule has 0 saturated carbocycles. The second kappa shape index (κ2) is 11.6. The van der Waals surface area contributed by atoms with Crippen LogP contribution in [-0.4, -0.2) is 43.0 Å². The molecule has 8 heteroatoms. The van der Waals surface area contributed by atoms with Gasteiger partial charge in [0.15, 0.2) is 17.5 Å². The van der Waals surface area contributed by atoms with Crippen LogP contribution in [0.25, 0.3) is 0 Å². The molecule has 0 spiro atoms. The zero-order valence-electron chi connectivity index (χ0n) is 15.5. The minimum Gasteiger partial charge on any atom is -0.493 e. The van der Waals surface area contributed by atoms with Crippen LogP contribution in [0.1, 0.15) is 12.5 Å². The van der Waals surface area contributed by atoms with Gasteiger partial charge in [-0.05, 0) is 36.1 Å². The molecular formula is C18H28IN5O2. The van der Waals surface area contributed by atoms with Crippen molar-refractivity contribution in [3.8, 4) is 11.5 Å². The van der Waals surface area contributed by atoms with Crippen molar-refractivity contribution in [3.05, 3.63) is 42.2 Å². The molecule has 0 aliphatic rings. The molecule has 0 fully saturated rings. The lowest BCUT2D eigenvalue weighted by Crippen LogP contribution is -2.33. The van der Waals surface area contributed by atoms with E-state index < -0.39 is 0 Å². The second-order valence-corrected chi connectivity index (χ2v) is 5.93. The van der Waals surface area contributed by atoms with Gasteiger partial charge >= 0.3 is 0 Å². The fraction of sp³-hybridized carbons (Fsp3) is 0.444. The third-order valence-electron chi connectivity index (χ3n) is 3.80. The molecule has 1 heterocycles. The van der Waals surface area contributed by atoms with Gasteiger partial charge in [-0.2, -0.15) is 5.10 Å². The molecule has 2 aromatic rings. The molecule has 0 saturated heterocycles. The van der Waals surface area contributed by atoms with Crippen molar-refractivity contribution in [2.24, 2.45) is 16.6 Å². The fourth-order valence-electron chi connectivity index (χ4n) is 2.47. The van der Waals surface area contributed by atoms with E-state index in [1.165, 1.54) is 0 Å². The van der Waals surface area contributed by atoms with Crippen molar-refractivity contribution >= 4 is 29.9 Å². The molecule has 1 unspecified atom stereocenters. The van der Waals surface area contributed by atoms with Crippen molar-refractivity contribution in [2.45, 2.75) is 19.9 Å². The van der Waals surface area contributed by atoms with Gasteiger partial charge in [-0.1, -0.05) is 13.0 Å². The molecule has 0 radical (unpaired) electrons. The van der Waals surface area contributed by atoms with Gasteiger partial charge in [0.1, 0.15) is 0 Å². The molecule has 3 N–H and O–H groups in total. The van der Waals surface area contributed by atoms with Gasteiger partial charge in [0.2, 0.25) is 0 Å². The monoisotopic (exact) mass is 473 g/mol. The quantitative estimate of drug-likeness (QED) is 0.332. The number of hydrogen-bond donors (Lipinski definition) is 2. The van der Waals surface area contributed by atoms with Crippen molar-refractivity contribution in [1.29, 1.82) is 0 Å². The number of nitrogens with two attached hydrogens (primary N) is 1. The Kier molecular flexibility index (Phi) is 9.85. The molecule has 144 valence electrons. The van der Waals surface area contributed by atoms with Crippen molar-refractivity contribution in [1.82, 2.24) is 15.1 Å². The van der Waals surface area contributed by atoms with Crippen LogP contribution in [0.4, 0.5) is 0 Å². The first-order valence-electron chi connectivity index (χ1n) is 8.34. The maximum absolute atomic E-state index is 5.93. The van der Waals surface area contributed by atoms with Gasteiger partial charge in [0, 0.05) is 32.0 Å². The van der Waals surface area contributed by atoms with E-state index in [2.05, 4.69) is 22.3 Å². The van der Waals surface area contributed by atoms with Crippen LogP contribution in [0, 0.1) is 5.92 Å². The zero-order valence-corrected chi connectivity index (χ0v) is 17.8. The smallest absolute Gasteiger partial charge is 0.188 e. The lowest BCUT2D eigenvalue weighted by molar-refractivity contribution is 0.354. The Hall–Kier alpha value is -1.97. The summed E-state index contributed by atoms with van der Waals surface area (Å²) < 4.78 is 12.5. The van der Waals surface area contributed by atoms with Crippen LogP contribution in [-0.2, 0) is 13.0 Å². The number of aliphatic imine (C=N–C) groups is 1. The fourth-order valence-corrected chi connectivity index (χ4v) is 2.47. The maximum atomic E-state index is 5.93. The molecule has 1 aromatic heterocycles. The molecule has 0 bridgehead atoms. The third kappa shape index (κ3) is 7.11. The molecule has 7 nitrogen and oxygen atoms in total. The Labute approximate surface area is 172 Å². The van der Waals surface area contributed by atoms with Crippen LogP contribution >= 0.6 is 24.0 Å². The van der Waals surface area contributed by atoms with E-state index in [1.54, 1.807) is 20.4 Å². The van der Waals surface area contributed by atoms with Crippen LogP contribution in [0.3, 0.4) is 0 Å². The first-order chi connectivity index (χ1) is 12.1. The first-order valence-corrected chi connectivity index (χ1v) is 8.34. The van der Waals surface area contributed by atoms with Gasteiger partial charge in [-0.15, -0.1) is 24.0 Å². The summed E-state index contributed by atoms with van der Waals surface area (Å²) in [5.74, 6) is 2.29. The molecule has 0 aliphatic heterocycles. The highest BCUT2D eigenvalue weighted by molar-refractivity contribution is 14.0. The number of nitrogens with zero attached hydrogens (tertiary/aromatic N) is 3. The van der Waals surface area contributed by atoms with Crippen LogP contribution in [0.2, 0.25) is 0 Å². The summed E-state index contributed by atoms with van der Waals surface area (Å²) in [7, 11) is 3.26. The lowest BCUT2D eigenvalue weighted by Gasteiger charge is -2.11. The Morgan fingerprint density at radius 3 is 2.73 bits per heavy atom. The predicted molar refractivity (Wildman–Crippen MR) is 115 cm³/mol. The predicted octanol–water partition coefficient (Wildman–Crippen LogP) is 2.30. The summed E-state index contributed by atoms with van der Waals surface area (Å²) in [6, 6.07) is 7.81. The van der Waals surface area contributed by atoms with E-state index in [-0.39, 0.29) is 24.0 Å².